The summed E-state index contributed by atoms with van der Waals surface area (Å²) in [5.74, 6) is -0.269. The van der Waals surface area contributed by atoms with Crippen molar-refractivity contribution in [3.05, 3.63) is 56.8 Å². The lowest BCUT2D eigenvalue weighted by Gasteiger charge is -2.09. The summed E-state index contributed by atoms with van der Waals surface area (Å²) in [5.41, 5.74) is 0.282. The first kappa shape index (κ1) is 15.6. The highest BCUT2D eigenvalue weighted by Crippen LogP contribution is 2.29. The van der Waals surface area contributed by atoms with Crippen LogP contribution in [0, 0.1) is 13.8 Å². The monoisotopic (exact) mass is 313 g/mol. The molecule has 2 nitrogen and oxygen atoms in total. The van der Waals surface area contributed by atoms with Crippen LogP contribution in [-0.4, -0.2) is 5.91 Å². The Bertz CT molecular complexity index is 661. The van der Waals surface area contributed by atoms with Gasteiger partial charge in [-0.15, -0.1) is 11.3 Å². The molecule has 0 atom stereocenters. The molecule has 0 aliphatic heterocycles. The van der Waals surface area contributed by atoms with Crippen molar-refractivity contribution < 1.29 is 18.0 Å². The Kier molecular flexibility index (Phi) is 4.37. The van der Waals surface area contributed by atoms with Crippen molar-refractivity contribution in [2.45, 2.75) is 26.6 Å². The topological polar surface area (TPSA) is 29.1 Å². The van der Waals surface area contributed by atoms with E-state index in [1.54, 1.807) is 12.1 Å². The molecule has 0 spiro atoms. The lowest BCUT2D eigenvalue weighted by Crippen LogP contribution is -2.23. The number of alkyl halides is 3. The number of rotatable bonds is 3. The molecule has 2 aromatic rings. The molecule has 112 valence electrons. The number of benzene rings is 1. The van der Waals surface area contributed by atoms with Crippen molar-refractivity contribution in [1.29, 1.82) is 0 Å². The first-order chi connectivity index (χ1) is 9.77. The molecular weight excluding hydrogens is 299 g/mol. The first-order valence-electron chi connectivity index (χ1n) is 6.29. The van der Waals surface area contributed by atoms with Gasteiger partial charge in [-0.05, 0) is 37.6 Å². The summed E-state index contributed by atoms with van der Waals surface area (Å²) in [4.78, 5) is 13.9. The highest BCUT2D eigenvalue weighted by molar-refractivity contribution is 7.12. The number of thiophene rings is 1. The Hall–Kier alpha value is -1.82. The first-order valence-corrected chi connectivity index (χ1v) is 7.10. The number of carbonyl (C=O) groups excluding carboxylic acids is 1. The second-order valence-electron chi connectivity index (χ2n) is 4.71. The van der Waals surface area contributed by atoms with Gasteiger partial charge in [0.15, 0.2) is 0 Å². The summed E-state index contributed by atoms with van der Waals surface area (Å²) in [7, 11) is 0. The third kappa shape index (κ3) is 3.85. The van der Waals surface area contributed by atoms with Crippen molar-refractivity contribution in [2.75, 3.05) is 0 Å². The van der Waals surface area contributed by atoms with Crippen LogP contribution in [0.1, 0.15) is 31.2 Å². The molecule has 1 heterocycles. The number of halogens is 3. The fraction of sp³-hybridized carbons (Fsp3) is 0.267. The fourth-order valence-corrected chi connectivity index (χ4v) is 2.91. The smallest absolute Gasteiger partial charge is 0.348 e. The van der Waals surface area contributed by atoms with Gasteiger partial charge in [0.25, 0.3) is 5.91 Å². The fourth-order valence-electron chi connectivity index (χ4n) is 1.99. The quantitative estimate of drug-likeness (QED) is 0.898. The van der Waals surface area contributed by atoms with E-state index in [1.807, 2.05) is 13.8 Å². The number of hydrogen-bond donors (Lipinski definition) is 1. The van der Waals surface area contributed by atoms with Gasteiger partial charge in [0.05, 0.1) is 11.1 Å². The van der Waals surface area contributed by atoms with Gasteiger partial charge in [-0.2, -0.15) is 13.2 Å². The summed E-state index contributed by atoms with van der Waals surface area (Å²) >= 11 is 1.52. The maximum atomic E-state index is 12.6. The van der Waals surface area contributed by atoms with Crippen LogP contribution in [0.2, 0.25) is 0 Å². The van der Waals surface area contributed by atoms with E-state index in [0.29, 0.717) is 11.1 Å². The third-order valence-corrected chi connectivity index (χ3v) is 3.96. The van der Waals surface area contributed by atoms with E-state index in [4.69, 9.17) is 0 Å². The van der Waals surface area contributed by atoms with Gasteiger partial charge in [-0.25, -0.2) is 0 Å². The van der Waals surface area contributed by atoms with E-state index in [0.717, 1.165) is 21.9 Å². The summed E-state index contributed by atoms with van der Waals surface area (Å²) in [6.45, 7) is 3.81. The Morgan fingerprint density at radius 3 is 2.52 bits per heavy atom. The number of aryl methyl sites for hydroxylation is 2. The normalized spacial score (nSPS) is 11.5. The molecule has 6 heteroatoms. The van der Waals surface area contributed by atoms with E-state index in [-0.39, 0.29) is 12.5 Å². The molecule has 0 aliphatic carbocycles. The lowest BCUT2D eigenvalue weighted by atomic mass is 10.1. The van der Waals surface area contributed by atoms with Gasteiger partial charge < -0.3 is 5.32 Å². The molecule has 2 rings (SSSR count). The summed E-state index contributed by atoms with van der Waals surface area (Å²) < 4.78 is 37.8. The van der Waals surface area contributed by atoms with Crippen LogP contribution >= 0.6 is 11.3 Å². The van der Waals surface area contributed by atoms with Gasteiger partial charge >= 0.3 is 6.18 Å². The van der Waals surface area contributed by atoms with Crippen molar-refractivity contribution in [3.63, 3.8) is 0 Å². The predicted molar refractivity (Wildman–Crippen MR) is 76.4 cm³/mol. The van der Waals surface area contributed by atoms with Gasteiger partial charge in [-0.1, -0.05) is 12.1 Å². The molecule has 0 fully saturated rings. The largest absolute Gasteiger partial charge is 0.416 e. The van der Waals surface area contributed by atoms with Crippen LogP contribution in [-0.2, 0) is 12.7 Å². The Morgan fingerprint density at radius 2 is 1.95 bits per heavy atom. The Morgan fingerprint density at radius 1 is 1.24 bits per heavy atom. The van der Waals surface area contributed by atoms with Crippen LogP contribution in [0.15, 0.2) is 30.3 Å². The maximum Gasteiger partial charge on any atom is 0.416 e. The van der Waals surface area contributed by atoms with Crippen LogP contribution in [0.25, 0.3) is 0 Å². The average Bonchev–Trinajstić information content (AvgIpc) is 2.74. The van der Waals surface area contributed by atoms with Crippen LogP contribution in [0.3, 0.4) is 0 Å². The third-order valence-electron chi connectivity index (χ3n) is 2.99. The number of nitrogens with one attached hydrogen (secondary N) is 1. The van der Waals surface area contributed by atoms with Crippen LogP contribution < -0.4 is 5.32 Å². The molecule has 0 saturated carbocycles. The van der Waals surface area contributed by atoms with Gasteiger partial charge in [0.2, 0.25) is 0 Å². The maximum absolute atomic E-state index is 12.6. The molecule has 0 saturated heterocycles. The summed E-state index contributed by atoms with van der Waals surface area (Å²) in [6.07, 6.45) is -4.37. The van der Waals surface area contributed by atoms with Crippen molar-refractivity contribution in [3.8, 4) is 0 Å². The molecule has 0 bridgehead atoms. The van der Waals surface area contributed by atoms with E-state index in [9.17, 15) is 18.0 Å². The molecular formula is C15H14F3NOS. The van der Waals surface area contributed by atoms with E-state index in [1.165, 1.54) is 17.4 Å². The summed E-state index contributed by atoms with van der Waals surface area (Å²) in [5, 5.41) is 2.65. The highest BCUT2D eigenvalue weighted by Gasteiger charge is 2.30. The molecule has 1 aromatic carbocycles. The zero-order chi connectivity index (χ0) is 15.6. The van der Waals surface area contributed by atoms with E-state index < -0.39 is 11.7 Å². The Labute approximate surface area is 124 Å². The van der Waals surface area contributed by atoms with Crippen molar-refractivity contribution in [2.24, 2.45) is 0 Å². The molecule has 21 heavy (non-hydrogen) atoms. The second kappa shape index (κ2) is 5.89. The minimum Gasteiger partial charge on any atom is -0.348 e. The summed E-state index contributed by atoms with van der Waals surface area (Å²) in [6, 6.07) is 6.73. The molecule has 0 radical (unpaired) electrons. The standard InChI is InChI=1S/C15H14F3NOS/c1-9-6-13(10(2)21-9)14(20)19-8-11-4-3-5-12(7-11)15(16,17)18/h3-7H,8H2,1-2H3,(H,19,20). The Balaban J connectivity index is 2.07. The number of carbonyl (C=O) groups is 1. The van der Waals surface area contributed by atoms with Crippen molar-refractivity contribution in [1.82, 2.24) is 5.32 Å². The predicted octanol–water partition coefficient (Wildman–Crippen LogP) is 4.31. The van der Waals surface area contributed by atoms with Gasteiger partial charge in [0, 0.05) is 16.3 Å². The van der Waals surface area contributed by atoms with Crippen LogP contribution in [0.4, 0.5) is 13.2 Å². The van der Waals surface area contributed by atoms with Gasteiger partial charge in [0.1, 0.15) is 0 Å². The van der Waals surface area contributed by atoms with Gasteiger partial charge in [-0.3, -0.25) is 4.79 Å². The van der Waals surface area contributed by atoms with E-state index in [2.05, 4.69) is 5.32 Å². The molecule has 1 amide bonds. The molecule has 0 unspecified atom stereocenters. The molecule has 1 aromatic heterocycles. The number of hydrogen-bond acceptors (Lipinski definition) is 2. The lowest BCUT2D eigenvalue weighted by molar-refractivity contribution is -0.137. The van der Waals surface area contributed by atoms with E-state index >= 15 is 0 Å². The second-order valence-corrected chi connectivity index (χ2v) is 6.17. The average molecular weight is 313 g/mol. The minimum absolute atomic E-state index is 0.0666. The van der Waals surface area contributed by atoms with Crippen LogP contribution in [0.5, 0.6) is 0 Å². The zero-order valence-corrected chi connectivity index (χ0v) is 12.4. The molecule has 1 N–H and O–H groups in total. The minimum atomic E-state index is -4.37. The zero-order valence-electron chi connectivity index (χ0n) is 11.5. The SMILES string of the molecule is Cc1cc(C(=O)NCc2cccc(C(F)(F)F)c2)c(C)s1. The molecule has 0 aliphatic rings. The highest BCUT2D eigenvalue weighted by atomic mass is 32.1. The number of amides is 1. The van der Waals surface area contributed by atoms with Crippen molar-refractivity contribution >= 4 is 17.2 Å².